The minimum absolute atomic E-state index is 0.262. The first-order valence-electron chi connectivity index (χ1n) is 9.07. The summed E-state index contributed by atoms with van der Waals surface area (Å²) in [5.74, 6) is -0.619. The van der Waals surface area contributed by atoms with E-state index in [4.69, 9.17) is 15.4 Å². The molecular formula is C18H27BN3O4. The van der Waals surface area contributed by atoms with Crippen molar-refractivity contribution in [3.8, 4) is 0 Å². The molecule has 1 fully saturated rings. The summed E-state index contributed by atoms with van der Waals surface area (Å²) in [4.78, 5) is 25.7. The molecule has 26 heavy (non-hydrogen) atoms. The molecule has 7 nitrogen and oxygen atoms in total. The molecule has 0 aliphatic heterocycles. The van der Waals surface area contributed by atoms with Crippen LogP contribution in [0.4, 0.5) is 0 Å². The number of nitrogens with one attached hydrogen (secondary N) is 2. The first-order valence-corrected chi connectivity index (χ1v) is 9.07. The Labute approximate surface area is 155 Å². The van der Waals surface area contributed by atoms with Crippen molar-refractivity contribution in [2.24, 2.45) is 11.1 Å². The monoisotopic (exact) mass is 360 g/mol. The summed E-state index contributed by atoms with van der Waals surface area (Å²) >= 11 is 0. The molecule has 0 heterocycles. The van der Waals surface area contributed by atoms with E-state index in [9.17, 15) is 9.59 Å². The molecule has 0 unspecified atom stereocenters. The van der Waals surface area contributed by atoms with Crippen LogP contribution in [-0.2, 0) is 20.8 Å². The van der Waals surface area contributed by atoms with Crippen LogP contribution < -0.4 is 16.4 Å². The fourth-order valence-corrected chi connectivity index (χ4v) is 3.32. The molecule has 1 aromatic rings. The second-order valence-corrected chi connectivity index (χ2v) is 6.59. The second-order valence-electron chi connectivity index (χ2n) is 6.59. The SMILES string of the molecule is NCCC[C@H](NC(=O)C1(C(=O)NCc2ccccc2)CCCC1)O[B]O. The zero-order chi connectivity index (χ0) is 18.8. The third kappa shape index (κ3) is 5.30. The highest BCUT2D eigenvalue weighted by atomic mass is 16.5. The van der Waals surface area contributed by atoms with Crippen LogP contribution >= 0.6 is 0 Å². The summed E-state index contributed by atoms with van der Waals surface area (Å²) in [5.41, 5.74) is 5.38. The van der Waals surface area contributed by atoms with Crippen molar-refractivity contribution in [2.45, 2.75) is 51.3 Å². The molecule has 1 aliphatic carbocycles. The molecule has 2 amide bonds. The lowest BCUT2D eigenvalue weighted by Gasteiger charge is -2.29. The first kappa shape index (κ1) is 20.4. The molecule has 0 bridgehead atoms. The van der Waals surface area contributed by atoms with Crippen molar-refractivity contribution in [2.75, 3.05) is 6.54 Å². The minimum Gasteiger partial charge on any atom is -0.429 e. The fraction of sp³-hybridized carbons (Fsp3) is 0.556. The van der Waals surface area contributed by atoms with Gasteiger partial charge in [0.05, 0.1) is 0 Å². The first-order chi connectivity index (χ1) is 12.6. The Hall–Kier alpha value is -1.90. The number of carbonyl (C=O) groups excluding carboxylic acids is 2. The Balaban J connectivity index is 2.02. The fourth-order valence-electron chi connectivity index (χ4n) is 3.32. The Bertz CT molecular complexity index is 579. The number of hydrogen-bond acceptors (Lipinski definition) is 5. The highest BCUT2D eigenvalue weighted by molar-refractivity contribution is 6.16. The van der Waals surface area contributed by atoms with Gasteiger partial charge in [0.1, 0.15) is 11.6 Å². The number of carbonyl (C=O) groups is 2. The van der Waals surface area contributed by atoms with E-state index in [1.807, 2.05) is 30.3 Å². The summed E-state index contributed by atoms with van der Waals surface area (Å²) < 4.78 is 5.04. The van der Waals surface area contributed by atoms with Gasteiger partial charge >= 0.3 is 7.69 Å². The van der Waals surface area contributed by atoms with Gasteiger partial charge in [-0.05, 0) is 37.8 Å². The average molecular weight is 360 g/mol. The van der Waals surface area contributed by atoms with Gasteiger partial charge in [-0.15, -0.1) is 0 Å². The van der Waals surface area contributed by atoms with Crippen molar-refractivity contribution in [1.82, 2.24) is 10.6 Å². The van der Waals surface area contributed by atoms with Gasteiger partial charge in [-0.1, -0.05) is 43.2 Å². The molecular weight excluding hydrogens is 333 g/mol. The maximum Gasteiger partial charge on any atom is 0.486 e. The van der Waals surface area contributed by atoms with Crippen LogP contribution in [0.1, 0.15) is 44.1 Å². The van der Waals surface area contributed by atoms with E-state index in [0.717, 1.165) is 18.4 Å². The second kappa shape index (κ2) is 10.3. The van der Waals surface area contributed by atoms with Crippen LogP contribution in [0.2, 0.25) is 0 Å². The van der Waals surface area contributed by atoms with E-state index < -0.39 is 11.6 Å². The number of rotatable bonds is 10. The summed E-state index contributed by atoms with van der Waals surface area (Å²) in [5, 5.41) is 14.5. The van der Waals surface area contributed by atoms with Gasteiger partial charge < -0.3 is 26.0 Å². The molecule has 2 rings (SSSR count). The third-order valence-electron chi connectivity index (χ3n) is 4.81. The van der Waals surface area contributed by atoms with Crippen LogP contribution in [0.25, 0.3) is 0 Å². The van der Waals surface area contributed by atoms with E-state index >= 15 is 0 Å². The molecule has 1 radical (unpaired) electrons. The van der Waals surface area contributed by atoms with Crippen LogP contribution in [0.15, 0.2) is 30.3 Å². The van der Waals surface area contributed by atoms with Crippen molar-refractivity contribution in [1.29, 1.82) is 0 Å². The molecule has 1 aliphatic rings. The Morgan fingerprint density at radius 2 is 1.92 bits per heavy atom. The number of benzene rings is 1. The summed E-state index contributed by atoms with van der Waals surface area (Å²) in [6.07, 6.45) is 3.06. The highest BCUT2D eigenvalue weighted by Crippen LogP contribution is 2.39. The maximum absolute atomic E-state index is 12.9. The standard InChI is InChI=1S/C18H27BN3O4/c20-12-6-9-15(26-19-25)22-17(24)18(10-4-5-11-18)16(23)21-13-14-7-2-1-3-8-14/h1-3,7-8,15,25H,4-6,9-13,20H2,(H,21,23)(H,22,24)/t15-/m1/s1. The van der Waals surface area contributed by atoms with Gasteiger partial charge in [0.15, 0.2) is 0 Å². The van der Waals surface area contributed by atoms with Gasteiger partial charge in [-0.3, -0.25) is 9.59 Å². The van der Waals surface area contributed by atoms with Crippen molar-refractivity contribution >= 4 is 19.5 Å². The highest BCUT2D eigenvalue weighted by Gasteiger charge is 2.48. The number of nitrogens with two attached hydrogens (primary N) is 1. The average Bonchev–Trinajstić information content (AvgIpc) is 3.16. The molecule has 0 spiro atoms. The Morgan fingerprint density at radius 3 is 2.54 bits per heavy atom. The molecule has 8 heteroatoms. The van der Waals surface area contributed by atoms with Gasteiger partial charge in [-0.25, -0.2) is 0 Å². The normalized spacial score (nSPS) is 16.7. The minimum atomic E-state index is -1.09. The van der Waals surface area contributed by atoms with Gasteiger partial charge in [0, 0.05) is 6.54 Å². The number of amides is 2. The molecule has 1 atom stereocenters. The van der Waals surface area contributed by atoms with Crippen LogP contribution in [0.3, 0.4) is 0 Å². The summed E-state index contributed by atoms with van der Waals surface area (Å²) in [6.45, 7) is 0.829. The van der Waals surface area contributed by atoms with Gasteiger partial charge in [-0.2, -0.15) is 0 Å². The smallest absolute Gasteiger partial charge is 0.429 e. The molecule has 1 saturated carbocycles. The van der Waals surface area contributed by atoms with Crippen LogP contribution in [0.5, 0.6) is 0 Å². The van der Waals surface area contributed by atoms with Crippen LogP contribution in [-0.4, -0.2) is 37.3 Å². The van der Waals surface area contributed by atoms with E-state index in [2.05, 4.69) is 10.6 Å². The van der Waals surface area contributed by atoms with Gasteiger partial charge in [0.25, 0.3) is 0 Å². The van der Waals surface area contributed by atoms with Crippen molar-refractivity contribution in [3.05, 3.63) is 35.9 Å². The lowest BCUT2D eigenvalue weighted by atomic mass is 9.83. The molecule has 1 aromatic carbocycles. The zero-order valence-electron chi connectivity index (χ0n) is 14.9. The van der Waals surface area contributed by atoms with Crippen molar-refractivity contribution < 1.29 is 19.3 Å². The molecule has 141 valence electrons. The molecule has 5 N–H and O–H groups in total. The van der Waals surface area contributed by atoms with Crippen LogP contribution in [0, 0.1) is 5.41 Å². The lowest BCUT2D eigenvalue weighted by Crippen LogP contribution is -2.53. The third-order valence-corrected chi connectivity index (χ3v) is 4.81. The van der Waals surface area contributed by atoms with E-state index in [0.29, 0.717) is 46.5 Å². The largest absolute Gasteiger partial charge is 0.486 e. The van der Waals surface area contributed by atoms with Gasteiger partial charge in [0.2, 0.25) is 11.8 Å². The molecule has 0 saturated heterocycles. The van der Waals surface area contributed by atoms with E-state index in [-0.39, 0.29) is 11.8 Å². The Kier molecular flexibility index (Phi) is 8.09. The number of hydrogen-bond donors (Lipinski definition) is 4. The quantitative estimate of drug-likeness (QED) is 0.277. The molecule has 0 aromatic heterocycles. The lowest BCUT2D eigenvalue weighted by molar-refractivity contribution is -0.145. The predicted molar refractivity (Wildman–Crippen MR) is 98.5 cm³/mol. The predicted octanol–water partition coefficient (Wildman–Crippen LogP) is 0.587. The van der Waals surface area contributed by atoms with Crippen molar-refractivity contribution in [3.63, 3.8) is 0 Å². The van der Waals surface area contributed by atoms with E-state index in [1.54, 1.807) is 0 Å². The topological polar surface area (TPSA) is 114 Å². The Morgan fingerprint density at radius 1 is 1.23 bits per heavy atom. The summed E-state index contributed by atoms with van der Waals surface area (Å²) in [6, 6.07) is 9.58. The zero-order valence-corrected chi connectivity index (χ0v) is 14.9. The maximum atomic E-state index is 12.9. The van der Waals surface area contributed by atoms with E-state index in [1.165, 1.54) is 0 Å². The summed E-state index contributed by atoms with van der Waals surface area (Å²) in [7, 11) is 0.554.